The molecule has 0 radical (unpaired) electrons. The number of thioether (sulfide) groups is 1. The SMILES string of the molecule is C=CC(C=C)(C(=O)SCC)C(C)C. The van der Waals surface area contributed by atoms with Crippen molar-refractivity contribution in [1.29, 1.82) is 0 Å². The number of hydrogen-bond acceptors (Lipinski definition) is 2. The van der Waals surface area contributed by atoms with Gasteiger partial charge >= 0.3 is 0 Å². The van der Waals surface area contributed by atoms with Crippen LogP contribution in [0.2, 0.25) is 0 Å². The van der Waals surface area contributed by atoms with Crippen molar-refractivity contribution in [1.82, 2.24) is 0 Å². The Bertz CT molecular complexity index is 198. The van der Waals surface area contributed by atoms with E-state index < -0.39 is 5.41 Å². The molecule has 74 valence electrons. The number of hydrogen-bond donors (Lipinski definition) is 0. The van der Waals surface area contributed by atoms with Crippen LogP contribution in [0.1, 0.15) is 20.8 Å². The molecular formula is C11H18OS. The molecule has 0 fully saturated rings. The fourth-order valence-electron chi connectivity index (χ4n) is 1.21. The fraction of sp³-hybridized carbons (Fsp3) is 0.545. The van der Waals surface area contributed by atoms with E-state index in [9.17, 15) is 4.79 Å². The van der Waals surface area contributed by atoms with E-state index in [0.29, 0.717) is 0 Å². The van der Waals surface area contributed by atoms with E-state index in [4.69, 9.17) is 0 Å². The molecular weight excluding hydrogens is 180 g/mol. The molecule has 0 atom stereocenters. The highest BCUT2D eigenvalue weighted by Crippen LogP contribution is 2.35. The molecule has 0 aliphatic carbocycles. The summed E-state index contributed by atoms with van der Waals surface area (Å²) in [6.45, 7) is 13.4. The van der Waals surface area contributed by atoms with E-state index >= 15 is 0 Å². The van der Waals surface area contributed by atoms with Crippen LogP contribution in [0.5, 0.6) is 0 Å². The van der Waals surface area contributed by atoms with Gasteiger partial charge in [-0.05, 0) is 11.7 Å². The van der Waals surface area contributed by atoms with Crippen LogP contribution in [0.3, 0.4) is 0 Å². The molecule has 0 bridgehead atoms. The monoisotopic (exact) mass is 198 g/mol. The van der Waals surface area contributed by atoms with Gasteiger partial charge in [0.15, 0.2) is 0 Å². The van der Waals surface area contributed by atoms with Crippen molar-refractivity contribution < 1.29 is 4.79 Å². The van der Waals surface area contributed by atoms with Crippen LogP contribution in [0.4, 0.5) is 0 Å². The summed E-state index contributed by atoms with van der Waals surface area (Å²) < 4.78 is 0. The summed E-state index contributed by atoms with van der Waals surface area (Å²) >= 11 is 1.33. The molecule has 0 N–H and O–H groups in total. The zero-order valence-electron chi connectivity index (χ0n) is 8.67. The quantitative estimate of drug-likeness (QED) is 0.631. The third-order valence-corrected chi connectivity index (χ3v) is 3.16. The number of carbonyl (C=O) groups excluding carboxylic acids is 1. The first-order valence-corrected chi connectivity index (χ1v) is 5.48. The van der Waals surface area contributed by atoms with E-state index in [1.165, 1.54) is 11.8 Å². The van der Waals surface area contributed by atoms with Crippen molar-refractivity contribution in [2.45, 2.75) is 20.8 Å². The van der Waals surface area contributed by atoms with Gasteiger partial charge in [0.1, 0.15) is 0 Å². The Hall–Kier alpha value is -0.500. The molecule has 0 amide bonds. The summed E-state index contributed by atoms with van der Waals surface area (Å²) in [6, 6.07) is 0. The second kappa shape index (κ2) is 5.28. The lowest BCUT2D eigenvalue weighted by Gasteiger charge is -2.28. The molecule has 0 aliphatic rings. The lowest BCUT2D eigenvalue weighted by Crippen LogP contribution is -2.30. The predicted octanol–water partition coefficient (Wildman–Crippen LogP) is 3.28. The highest BCUT2D eigenvalue weighted by molar-refractivity contribution is 8.13. The zero-order valence-corrected chi connectivity index (χ0v) is 9.49. The van der Waals surface area contributed by atoms with Crippen LogP contribution in [0, 0.1) is 11.3 Å². The summed E-state index contributed by atoms with van der Waals surface area (Å²) in [7, 11) is 0. The molecule has 0 aromatic rings. The smallest absolute Gasteiger partial charge is 0.202 e. The third kappa shape index (κ3) is 2.47. The van der Waals surface area contributed by atoms with Crippen molar-refractivity contribution in [3.63, 3.8) is 0 Å². The first kappa shape index (κ1) is 12.5. The molecule has 0 aromatic carbocycles. The second-order valence-electron chi connectivity index (χ2n) is 3.22. The van der Waals surface area contributed by atoms with Crippen LogP contribution in [0.25, 0.3) is 0 Å². The molecule has 2 heteroatoms. The van der Waals surface area contributed by atoms with Gasteiger partial charge in [-0.15, -0.1) is 13.2 Å². The van der Waals surface area contributed by atoms with Gasteiger partial charge in [0.25, 0.3) is 0 Å². The van der Waals surface area contributed by atoms with E-state index in [0.717, 1.165) is 5.75 Å². The van der Waals surface area contributed by atoms with Crippen LogP contribution in [0.15, 0.2) is 25.3 Å². The average molecular weight is 198 g/mol. The fourth-order valence-corrected chi connectivity index (χ4v) is 2.13. The average Bonchev–Trinajstić information content (AvgIpc) is 2.07. The van der Waals surface area contributed by atoms with Gasteiger partial charge in [0.2, 0.25) is 5.12 Å². The summed E-state index contributed by atoms with van der Waals surface area (Å²) in [5.41, 5.74) is -0.555. The summed E-state index contributed by atoms with van der Waals surface area (Å²) in [4.78, 5) is 11.8. The molecule has 1 nitrogen and oxygen atoms in total. The van der Waals surface area contributed by atoms with Gasteiger partial charge in [-0.25, -0.2) is 0 Å². The first-order chi connectivity index (χ1) is 6.05. The molecule has 0 rings (SSSR count). The van der Waals surface area contributed by atoms with E-state index in [2.05, 4.69) is 13.2 Å². The summed E-state index contributed by atoms with van der Waals surface area (Å²) in [5.74, 6) is 1.02. The molecule has 0 saturated heterocycles. The summed E-state index contributed by atoms with van der Waals surface area (Å²) in [6.07, 6.45) is 3.41. The van der Waals surface area contributed by atoms with Gasteiger partial charge in [-0.2, -0.15) is 0 Å². The Morgan fingerprint density at radius 1 is 1.46 bits per heavy atom. The number of rotatable bonds is 5. The summed E-state index contributed by atoms with van der Waals surface area (Å²) in [5, 5.41) is 0.148. The van der Waals surface area contributed by atoms with E-state index in [1.807, 2.05) is 20.8 Å². The Balaban J connectivity index is 4.86. The maximum absolute atomic E-state index is 11.8. The predicted molar refractivity (Wildman–Crippen MR) is 60.8 cm³/mol. The van der Waals surface area contributed by atoms with Gasteiger partial charge in [0, 0.05) is 0 Å². The Morgan fingerprint density at radius 2 is 1.92 bits per heavy atom. The lowest BCUT2D eigenvalue weighted by molar-refractivity contribution is -0.117. The minimum Gasteiger partial charge on any atom is -0.286 e. The van der Waals surface area contributed by atoms with Crippen molar-refractivity contribution in [2.24, 2.45) is 11.3 Å². The van der Waals surface area contributed by atoms with Crippen LogP contribution in [-0.2, 0) is 4.79 Å². The van der Waals surface area contributed by atoms with Gasteiger partial charge in [-0.1, -0.05) is 44.7 Å². The normalized spacial score (nSPS) is 11.4. The van der Waals surface area contributed by atoms with Crippen LogP contribution in [-0.4, -0.2) is 10.9 Å². The zero-order chi connectivity index (χ0) is 10.5. The van der Waals surface area contributed by atoms with Crippen LogP contribution >= 0.6 is 11.8 Å². The Kier molecular flexibility index (Phi) is 5.07. The standard InChI is InChI=1S/C11H18OS/c1-6-11(7-2,9(4)5)10(12)13-8-3/h6-7,9H,1-2,8H2,3-5H3. The Morgan fingerprint density at radius 3 is 2.15 bits per heavy atom. The Labute approximate surface area is 85.3 Å². The molecule has 0 aromatic heterocycles. The highest BCUT2D eigenvalue weighted by Gasteiger charge is 2.34. The molecule has 0 heterocycles. The maximum Gasteiger partial charge on any atom is 0.202 e. The van der Waals surface area contributed by atoms with Crippen LogP contribution < -0.4 is 0 Å². The van der Waals surface area contributed by atoms with E-state index in [1.54, 1.807) is 12.2 Å². The molecule has 0 unspecified atom stereocenters. The van der Waals surface area contributed by atoms with Gasteiger partial charge < -0.3 is 0 Å². The largest absolute Gasteiger partial charge is 0.286 e. The minimum atomic E-state index is -0.555. The maximum atomic E-state index is 11.8. The van der Waals surface area contributed by atoms with Crippen molar-refractivity contribution >= 4 is 16.9 Å². The highest BCUT2D eigenvalue weighted by atomic mass is 32.2. The first-order valence-electron chi connectivity index (χ1n) is 4.49. The third-order valence-electron chi connectivity index (χ3n) is 2.26. The molecule has 0 spiro atoms. The molecule has 0 saturated carbocycles. The number of allylic oxidation sites excluding steroid dienone is 2. The van der Waals surface area contributed by atoms with E-state index in [-0.39, 0.29) is 11.0 Å². The lowest BCUT2D eigenvalue weighted by atomic mass is 9.79. The molecule has 13 heavy (non-hydrogen) atoms. The second-order valence-corrected chi connectivity index (χ2v) is 4.45. The molecule has 0 aliphatic heterocycles. The number of carbonyl (C=O) groups is 1. The van der Waals surface area contributed by atoms with Crippen molar-refractivity contribution in [3.8, 4) is 0 Å². The van der Waals surface area contributed by atoms with Gasteiger partial charge in [-0.3, -0.25) is 4.79 Å². The van der Waals surface area contributed by atoms with Gasteiger partial charge in [0.05, 0.1) is 5.41 Å². The van der Waals surface area contributed by atoms with Crippen molar-refractivity contribution in [3.05, 3.63) is 25.3 Å². The van der Waals surface area contributed by atoms with Crippen molar-refractivity contribution in [2.75, 3.05) is 5.75 Å². The topological polar surface area (TPSA) is 17.1 Å². The minimum absolute atomic E-state index is 0.148.